The highest BCUT2D eigenvalue weighted by Gasteiger charge is 2.14. The SMILES string of the molecule is CC.OC1=CCOCC(CCSc2ccc(F)cc2)C1. The fourth-order valence-electron chi connectivity index (χ4n) is 1.89. The number of hydrogen-bond acceptors (Lipinski definition) is 3. The van der Waals surface area contributed by atoms with Crippen molar-refractivity contribution in [1.29, 1.82) is 0 Å². The van der Waals surface area contributed by atoms with Crippen molar-refractivity contribution in [2.75, 3.05) is 19.0 Å². The van der Waals surface area contributed by atoms with E-state index >= 15 is 0 Å². The normalized spacial score (nSPS) is 18.6. The van der Waals surface area contributed by atoms with E-state index in [0.717, 1.165) is 17.1 Å². The number of aliphatic hydroxyl groups excluding tert-OH is 1. The van der Waals surface area contributed by atoms with E-state index < -0.39 is 0 Å². The molecule has 112 valence electrons. The number of allylic oxidation sites excluding steroid dienone is 1. The van der Waals surface area contributed by atoms with Gasteiger partial charge in [0, 0.05) is 11.3 Å². The third kappa shape index (κ3) is 6.44. The van der Waals surface area contributed by atoms with Crippen molar-refractivity contribution in [1.82, 2.24) is 0 Å². The summed E-state index contributed by atoms with van der Waals surface area (Å²) in [5, 5.41) is 9.54. The Morgan fingerprint density at radius 3 is 2.70 bits per heavy atom. The Kier molecular flexibility index (Phi) is 8.38. The van der Waals surface area contributed by atoms with Crippen LogP contribution in [0.1, 0.15) is 26.7 Å². The lowest BCUT2D eigenvalue weighted by Crippen LogP contribution is -2.09. The molecule has 2 nitrogen and oxygen atoms in total. The smallest absolute Gasteiger partial charge is 0.123 e. The van der Waals surface area contributed by atoms with Gasteiger partial charge in [-0.05, 0) is 48.4 Å². The van der Waals surface area contributed by atoms with Crippen molar-refractivity contribution in [3.63, 3.8) is 0 Å². The Balaban J connectivity index is 0.000000956. The minimum atomic E-state index is -0.202. The van der Waals surface area contributed by atoms with Gasteiger partial charge in [-0.3, -0.25) is 0 Å². The molecule has 1 aliphatic heterocycles. The van der Waals surface area contributed by atoms with E-state index in [1.54, 1.807) is 30.0 Å². The first kappa shape index (κ1) is 17.1. The van der Waals surface area contributed by atoms with Crippen LogP contribution >= 0.6 is 11.8 Å². The molecule has 0 spiro atoms. The molecule has 0 aromatic heterocycles. The maximum Gasteiger partial charge on any atom is 0.123 e. The fourth-order valence-corrected chi connectivity index (χ4v) is 2.90. The third-order valence-corrected chi connectivity index (χ3v) is 3.94. The molecule has 20 heavy (non-hydrogen) atoms. The second kappa shape index (κ2) is 9.83. The van der Waals surface area contributed by atoms with Crippen molar-refractivity contribution < 1.29 is 14.2 Å². The van der Waals surface area contributed by atoms with E-state index in [0.29, 0.717) is 31.3 Å². The Hall–Kier alpha value is -1.00. The molecule has 1 heterocycles. The van der Waals surface area contributed by atoms with E-state index in [2.05, 4.69) is 0 Å². The molecule has 1 N–H and O–H groups in total. The predicted molar refractivity (Wildman–Crippen MR) is 82.7 cm³/mol. The van der Waals surface area contributed by atoms with Crippen LogP contribution in [0.4, 0.5) is 4.39 Å². The zero-order valence-corrected chi connectivity index (χ0v) is 13.0. The van der Waals surface area contributed by atoms with Gasteiger partial charge in [-0.15, -0.1) is 11.8 Å². The van der Waals surface area contributed by atoms with Gasteiger partial charge in [0.25, 0.3) is 0 Å². The summed E-state index contributed by atoms with van der Waals surface area (Å²) < 4.78 is 18.1. The molecular formula is C16H23FO2S. The lowest BCUT2D eigenvalue weighted by atomic mass is 10.0. The van der Waals surface area contributed by atoms with Crippen molar-refractivity contribution >= 4 is 11.8 Å². The highest BCUT2D eigenvalue weighted by molar-refractivity contribution is 7.99. The topological polar surface area (TPSA) is 29.5 Å². The van der Waals surface area contributed by atoms with Gasteiger partial charge in [-0.1, -0.05) is 13.8 Å². The van der Waals surface area contributed by atoms with Crippen LogP contribution in [-0.2, 0) is 4.74 Å². The maximum atomic E-state index is 12.7. The second-order valence-electron chi connectivity index (χ2n) is 4.39. The van der Waals surface area contributed by atoms with E-state index in [-0.39, 0.29) is 5.82 Å². The minimum Gasteiger partial charge on any atom is -0.513 e. The lowest BCUT2D eigenvalue weighted by molar-refractivity contribution is 0.127. The Morgan fingerprint density at radius 2 is 2.00 bits per heavy atom. The maximum absolute atomic E-state index is 12.7. The van der Waals surface area contributed by atoms with E-state index in [9.17, 15) is 9.50 Å². The molecule has 0 saturated heterocycles. The number of halogens is 1. The minimum absolute atomic E-state index is 0.202. The van der Waals surface area contributed by atoms with Gasteiger partial charge in [0.15, 0.2) is 0 Å². The summed E-state index contributed by atoms with van der Waals surface area (Å²) in [5.41, 5.74) is 0. The first-order chi connectivity index (χ1) is 9.74. The monoisotopic (exact) mass is 298 g/mol. The van der Waals surface area contributed by atoms with Crippen molar-refractivity contribution in [3.8, 4) is 0 Å². The Bertz CT molecular complexity index is 403. The van der Waals surface area contributed by atoms with Crippen LogP contribution in [0.25, 0.3) is 0 Å². The molecule has 0 bridgehead atoms. The number of benzene rings is 1. The van der Waals surface area contributed by atoms with Crippen LogP contribution in [0, 0.1) is 11.7 Å². The third-order valence-electron chi connectivity index (χ3n) is 2.90. The van der Waals surface area contributed by atoms with Gasteiger partial charge < -0.3 is 9.84 Å². The van der Waals surface area contributed by atoms with Gasteiger partial charge in [0.2, 0.25) is 0 Å². The van der Waals surface area contributed by atoms with Gasteiger partial charge >= 0.3 is 0 Å². The summed E-state index contributed by atoms with van der Waals surface area (Å²) in [6.07, 6.45) is 3.41. The first-order valence-corrected chi connectivity index (χ1v) is 8.06. The summed E-state index contributed by atoms with van der Waals surface area (Å²) in [5.74, 6) is 1.56. The van der Waals surface area contributed by atoms with Crippen LogP contribution in [0.3, 0.4) is 0 Å². The highest BCUT2D eigenvalue weighted by atomic mass is 32.2. The highest BCUT2D eigenvalue weighted by Crippen LogP contribution is 2.24. The van der Waals surface area contributed by atoms with E-state index in [1.807, 2.05) is 13.8 Å². The second-order valence-corrected chi connectivity index (χ2v) is 5.56. The summed E-state index contributed by atoms with van der Waals surface area (Å²) in [6, 6.07) is 6.54. The quantitative estimate of drug-likeness (QED) is 0.809. The average Bonchev–Trinajstić information content (AvgIpc) is 2.68. The van der Waals surface area contributed by atoms with Crippen LogP contribution in [0.5, 0.6) is 0 Å². The molecule has 0 saturated carbocycles. The fraction of sp³-hybridized carbons (Fsp3) is 0.500. The molecule has 0 radical (unpaired) electrons. The molecule has 1 aromatic carbocycles. The number of ether oxygens (including phenoxy) is 1. The lowest BCUT2D eigenvalue weighted by Gasteiger charge is -2.13. The van der Waals surface area contributed by atoms with Crippen molar-refractivity contribution in [3.05, 3.63) is 41.9 Å². The van der Waals surface area contributed by atoms with Gasteiger partial charge in [0.05, 0.1) is 19.0 Å². The summed E-state index contributed by atoms with van der Waals surface area (Å²) in [7, 11) is 0. The van der Waals surface area contributed by atoms with Crippen molar-refractivity contribution in [2.45, 2.75) is 31.6 Å². The molecular weight excluding hydrogens is 275 g/mol. The van der Waals surface area contributed by atoms with Gasteiger partial charge in [-0.2, -0.15) is 0 Å². The van der Waals surface area contributed by atoms with Gasteiger partial charge in [0.1, 0.15) is 5.82 Å². The molecule has 0 aliphatic carbocycles. The zero-order chi connectivity index (χ0) is 14.8. The van der Waals surface area contributed by atoms with Crippen LogP contribution in [0.15, 0.2) is 41.0 Å². The predicted octanol–water partition coefficient (Wildman–Crippen LogP) is 4.81. The Morgan fingerprint density at radius 1 is 1.30 bits per heavy atom. The molecule has 1 aromatic rings. The largest absolute Gasteiger partial charge is 0.513 e. The van der Waals surface area contributed by atoms with Gasteiger partial charge in [-0.25, -0.2) is 4.39 Å². The number of hydrogen-bond donors (Lipinski definition) is 1. The molecule has 1 atom stereocenters. The number of aliphatic hydroxyl groups is 1. The standard InChI is InChI=1S/C14H17FO2S.C2H6/c15-12-1-3-14(4-2-12)18-8-6-11-9-13(16)5-7-17-10-11;1-2/h1-5,11,16H,6-10H2;1-2H3. The molecule has 1 unspecified atom stereocenters. The van der Waals surface area contributed by atoms with E-state index in [4.69, 9.17) is 4.74 Å². The molecule has 0 fully saturated rings. The molecule has 2 rings (SSSR count). The van der Waals surface area contributed by atoms with Crippen LogP contribution in [0.2, 0.25) is 0 Å². The zero-order valence-electron chi connectivity index (χ0n) is 12.1. The van der Waals surface area contributed by atoms with Crippen molar-refractivity contribution in [2.24, 2.45) is 5.92 Å². The average molecular weight is 298 g/mol. The summed E-state index contributed by atoms with van der Waals surface area (Å²) >= 11 is 1.71. The molecule has 4 heteroatoms. The van der Waals surface area contributed by atoms with Crippen LogP contribution < -0.4 is 0 Å². The molecule has 1 aliphatic rings. The number of thioether (sulfide) groups is 1. The van der Waals surface area contributed by atoms with Crippen LogP contribution in [-0.4, -0.2) is 24.1 Å². The summed E-state index contributed by atoms with van der Waals surface area (Å²) in [4.78, 5) is 1.07. The number of rotatable bonds is 4. The Labute approximate surface area is 125 Å². The van der Waals surface area contributed by atoms with E-state index in [1.165, 1.54) is 12.1 Å². The first-order valence-electron chi connectivity index (χ1n) is 7.08. The summed E-state index contributed by atoms with van der Waals surface area (Å²) in [6.45, 7) is 5.21. The molecule has 0 amide bonds.